The van der Waals surface area contributed by atoms with E-state index in [4.69, 9.17) is 16.3 Å². The minimum Gasteiger partial charge on any atom is -0.497 e. The van der Waals surface area contributed by atoms with Crippen LogP contribution < -0.4 is 4.74 Å². The molecule has 1 aromatic carbocycles. The molecule has 0 radical (unpaired) electrons. The fourth-order valence-corrected chi connectivity index (χ4v) is 1.49. The second-order valence-electron chi connectivity index (χ2n) is 3.28. The van der Waals surface area contributed by atoms with Crippen molar-refractivity contribution < 1.29 is 9.53 Å². The molecule has 0 saturated carbocycles. The zero-order chi connectivity index (χ0) is 12.3. The Morgan fingerprint density at radius 2 is 1.94 bits per heavy atom. The van der Waals surface area contributed by atoms with Crippen molar-refractivity contribution >= 4 is 17.4 Å². The fraction of sp³-hybridized carbons (Fsp3) is 0.0833. The number of benzene rings is 1. The quantitative estimate of drug-likeness (QED) is 0.783. The maximum Gasteiger partial charge on any atom is 0.212 e. The van der Waals surface area contributed by atoms with E-state index in [0.29, 0.717) is 11.3 Å². The minimum atomic E-state index is -0.220. The summed E-state index contributed by atoms with van der Waals surface area (Å²) in [7, 11) is 1.57. The number of hydrogen-bond donors (Lipinski definition) is 0. The smallest absolute Gasteiger partial charge is 0.212 e. The highest BCUT2D eigenvalue weighted by atomic mass is 35.5. The highest BCUT2D eigenvalue weighted by Gasteiger charge is 2.11. The number of rotatable bonds is 3. The van der Waals surface area contributed by atoms with Crippen LogP contribution in [0.1, 0.15) is 16.1 Å². The van der Waals surface area contributed by atoms with Crippen molar-refractivity contribution in [3.63, 3.8) is 0 Å². The van der Waals surface area contributed by atoms with Crippen molar-refractivity contribution in [2.45, 2.75) is 0 Å². The van der Waals surface area contributed by atoms with Gasteiger partial charge in [0.05, 0.1) is 19.5 Å². The van der Waals surface area contributed by atoms with Gasteiger partial charge < -0.3 is 4.74 Å². The largest absolute Gasteiger partial charge is 0.497 e. The van der Waals surface area contributed by atoms with Gasteiger partial charge in [-0.05, 0) is 24.3 Å². The summed E-state index contributed by atoms with van der Waals surface area (Å²) in [4.78, 5) is 19.7. The second kappa shape index (κ2) is 4.93. The van der Waals surface area contributed by atoms with Crippen molar-refractivity contribution in [3.05, 3.63) is 53.1 Å². The van der Waals surface area contributed by atoms with Crippen LogP contribution in [-0.4, -0.2) is 22.9 Å². The molecular formula is C12H9ClN2O2. The van der Waals surface area contributed by atoms with Gasteiger partial charge >= 0.3 is 0 Å². The molecule has 4 nitrogen and oxygen atoms in total. The lowest BCUT2D eigenvalue weighted by molar-refractivity contribution is 0.103. The monoisotopic (exact) mass is 248 g/mol. The Hall–Kier alpha value is -1.94. The van der Waals surface area contributed by atoms with E-state index < -0.39 is 0 Å². The molecule has 0 unspecified atom stereocenters. The van der Waals surface area contributed by atoms with Gasteiger partial charge in [-0.1, -0.05) is 11.6 Å². The predicted octanol–water partition coefficient (Wildman–Crippen LogP) is 2.37. The number of nitrogens with zero attached hydrogens (tertiary/aromatic N) is 2. The number of aromatic nitrogens is 2. The normalized spacial score (nSPS) is 10.0. The average molecular weight is 249 g/mol. The van der Waals surface area contributed by atoms with Gasteiger partial charge in [0.1, 0.15) is 16.6 Å². The van der Waals surface area contributed by atoms with Gasteiger partial charge in [0.2, 0.25) is 5.78 Å². The summed E-state index contributed by atoms with van der Waals surface area (Å²) in [6.45, 7) is 0. The van der Waals surface area contributed by atoms with Crippen molar-refractivity contribution in [1.29, 1.82) is 0 Å². The lowest BCUT2D eigenvalue weighted by Gasteiger charge is -2.02. The number of carbonyl (C=O) groups is 1. The van der Waals surface area contributed by atoms with Gasteiger partial charge in [0.15, 0.2) is 0 Å². The Balaban J connectivity index is 2.30. The SMILES string of the molecule is COc1ccc(C(=O)c2cncc(Cl)n2)cc1. The van der Waals surface area contributed by atoms with Crippen LogP contribution in [0.4, 0.5) is 0 Å². The van der Waals surface area contributed by atoms with Crippen LogP contribution in [0.5, 0.6) is 5.75 Å². The Labute approximate surface area is 103 Å². The topological polar surface area (TPSA) is 52.1 Å². The molecule has 0 saturated heterocycles. The summed E-state index contributed by atoms with van der Waals surface area (Å²) in [6.07, 6.45) is 2.77. The molecule has 2 rings (SSSR count). The fourth-order valence-electron chi connectivity index (χ4n) is 1.34. The summed E-state index contributed by atoms with van der Waals surface area (Å²) in [5.41, 5.74) is 0.741. The highest BCUT2D eigenvalue weighted by molar-refractivity contribution is 6.29. The summed E-state index contributed by atoms with van der Waals surface area (Å²) in [5, 5.41) is 0.198. The van der Waals surface area contributed by atoms with Crippen molar-refractivity contribution in [2.24, 2.45) is 0 Å². The highest BCUT2D eigenvalue weighted by Crippen LogP contribution is 2.14. The Morgan fingerprint density at radius 1 is 1.24 bits per heavy atom. The van der Waals surface area contributed by atoms with Crippen LogP contribution >= 0.6 is 11.6 Å². The molecule has 5 heteroatoms. The van der Waals surface area contributed by atoms with E-state index in [-0.39, 0.29) is 16.6 Å². The Kier molecular flexibility index (Phi) is 3.35. The third kappa shape index (κ3) is 2.60. The molecule has 0 N–H and O–H groups in total. The van der Waals surface area contributed by atoms with Gasteiger partial charge in [0, 0.05) is 5.56 Å². The third-order valence-electron chi connectivity index (χ3n) is 2.19. The van der Waals surface area contributed by atoms with E-state index in [2.05, 4.69) is 9.97 Å². The van der Waals surface area contributed by atoms with E-state index in [0.717, 1.165) is 0 Å². The predicted molar refractivity (Wildman–Crippen MR) is 63.5 cm³/mol. The molecule has 0 fully saturated rings. The number of hydrogen-bond acceptors (Lipinski definition) is 4. The van der Waals surface area contributed by atoms with Gasteiger partial charge in [0.25, 0.3) is 0 Å². The van der Waals surface area contributed by atoms with Crippen molar-refractivity contribution in [1.82, 2.24) is 9.97 Å². The zero-order valence-electron chi connectivity index (χ0n) is 9.05. The van der Waals surface area contributed by atoms with Crippen LogP contribution in [0.15, 0.2) is 36.7 Å². The molecule has 0 aliphatic heterocycles. The molecule has 86 valence electrons. The van der Waals surface area contributed by atoms with Gasteiger partial charge in [-0.15, -0.1) is 0 Å². The summed E-state index contributed by atoms with van der Waals surface area (Å²) in [6, 6.07) is 6.77. The van der Waals surface area contributed by atoms with Crippen LogP contribution in [0.25, 0.3) is 0 Å². The first-order chi connectivity index (χ1) is 8.20. The Morgan fingerprint density at radius 3 is 2.53 bits per heavy atom. The number of ether oxygens (including phenoxy) is 1. The third-order valence-corrected chi connectivity index (χ3v) is 2.37. The Bertz CT molecular complexity index is 540. The van der Waals surface area contributed by atoms with E-state index in [9.17, 15) is 4.79 Å². The van der Waals surface area contributed by atoms with Gasteiger partial charge in [-0.25, -0.2) is 4.98 Å². The van der Waals surface area contributed by atoms with Crippen LogP contribution in [0.2, 0.25) is 5.15 Å². The van der Waals surface area contributed by atoms with Crippen LogP contribution in [0, 0.1) is 0 Å². The van der Waals surface area contributed by atoms with Crippen molar-refractivity contribution in [2.75, 3.05) is 7.11 Å². The van der Waals surface area contributed by atoms with Crippen LogP contribution in [0.3, 0.4) is 0 Å². The summed E-state index contributed by atoms with van der Waals surface area (Å²) in [5.74, 6) is 0.474. The van der Waals surface area contributed by atoms with Gasteiger partial charge in [-0.2, -0.15) is 0 Å². The molecule has 2 aromatic rings. The van der Waals surface area contributed by atoms with E-state index in [1.807, 2.05) is 0 Å². The maximum absolute atomic E-state index is 12.0. The number of carbonyl (C=O) groups excluding carboxylic acids is 1. The molecule has 0 bridgehead atoms. The lowest BCUT2D eigenvalue weighted by Crippen LogP contribution is -2.04. The average Bonchev–Trinajstić information content (AvgIpc) is 2.38. The molecule has 17 heavy (non-hydrogen) atoms. The molecule has 0 aliphatic carbocycles. The molecular weight excluding hydrogens is 240 g/mol. The first kappa shape index (κ1) is 11.5. The lowest BCUT2D eigenvalue weighted by atomic mass is 10.1. The maximum atomic E-state index is 12.0. The molecule has 0 amide bonds. The second-order valence-corrected chi connectivity index (χ2v) is 3.67. The molecule has 0 atom stereocenters. The standard InChI is InChI=1S/C12H9ClN2O2/c1-17-9-4-2-8(3-5-9)12(16)10-6-14-7-11(13)15-10/h2-7H,1H3. The molecule has 0 aliphatic rings. The van der Waals surface area contributed by atoms with E-state index >= 15 is 0 Å². The van der Waals surface area contributed by atoms with Gasteiger partial charge in [-0.3, -0.25) is 9.78 Å². The molecule has 0 spiro atoms. The first-order valence-electron chi connectivity index (χ1n) is 4.87. The molecule has 1 heterocycles. The molecule has 1 aromatic heterocycles. The van der Waals surface area contributed by atoms with Crippen molar-refractivity contribution in [3.8, 4) is 5.75 Å². The van der Waals surface area contributed by atoms with E-state index in [1.165, 1.54) is 12.4 Å². The van der Waals surface area contributed by atoms with E-state index in [1.54, 1.807) is 31.4 Å². The van der Waals surface area contributed by atoms with Crippen LogP contribution in [-0.2, 0) is 0 Å². The first-order valence-corrected chi connectivity index (χ1v) is 5.25. The summed E-state index contributed by atoms with van der Waals surface area (Å²) < 4.78 is 5.01. The zero-order valence-corrected chi connectivity index (χ0v) is 9.81. The summed E-state index contributed by atoms with van der Waals surface area (Å²) >= 11 is 5.68. The number of ketones is 1. The minimum absolute atomic E-state index is 0.198. The number of halogens is 1. The number of methoxy groups -OCH3 is 1.